The Balaban J connectivity index is 3.43. The maximum absolute atomic E-state index is 10.7. The first-order chi connectivity index (χ1) is 4.61. The molecule has 1 aromatic rings. The Bertz CT molecular complexity index is 301. The Hall–Kier alpha value is -1.25. The molecule has 0 atom stereocenters. The Morgan fingerprint density at radius 3 is 2.70 bits per heavy atom. The third-order valence-corrected chi connectivity index (χ3v) is 1.46. The van der Waals surface area contributed by atoms with Crippen molar-refractivity contribution in [1.29, 1.82) is 0 Å². The second-order valence-electron chi connectivity index (χ2n) is 2.28. The van der Waals surface area contributed by atoms with Crippen molar-refractivity contribution in [2.75, 3.05) is 0 Å². The summed E-state index contributed by atoms with van der Waals surface area (Å²) in [6.07, 6.45) is 1.40. The van der Waals surface area contributed by atoms with Crippen molar-refractivity contribution in [3.63, 3.8) is 0 Å². The zero-order chi connectivity index (χ0) is 7.72. The van der Waals surface area contributed by atoms with Gasteiger partial charge in [-0.1, -0.05) is 0 Å². The molecule has 0 saturated heterocycles. The van der Waals surface area contributed by atoms with Gasteiger partial charge in [-0.25, -0.2) is 0 Å². The van der Waals surface area contributed by atoms with E-state index in [2.05, 4.69) is 0 Å². The van der Waals surface area contributed by atoms with E-state index in [1.165, 1.54) is 12.3 Å². The summed E-state index contributed by atoms with van der Waals surface area (Å²) in [5, 5.41) is 8.89. The molecule has 0 aliphatic rings. The molecule has 10 heavy (non-hydrogen) atoms. The summed E-state index contributed by atoms with van der Waals surface area (Å²) in [6.45, 7) is 1.81. The van der Waals surface area contributed by atoms with Gasteiger partial charge in [-0.05, 0) is 6.92 Å². The fourth-order valence-electron chi connectivity index (χ4n) is 0.714. The van der Waals surface area contributed by atoms with Crippen LogP contribution in [0.2, 0.25) is 0 Å². The minimum atomic E-state index is -0.324. The zero-order valence-corrected chi connectivity index (χ0v) is 5.96. The Morgan fingerprint density at radius 2 is 2.20 bits per heavy atom. The van der Waals surface area contributed by atoms with Crippen LogP contribution in [0.4, 0.5) is 0 Å². The van der Waals surface area contributed by atoms with Crippen LogP contribution >= 0.6 is 0 Å². The van der Waals surface area contributed by atoms with E-state index >= 15 is 0 Å². The van der Waals surface area contributed by atoms with Gasteiger partial charge in [0.2, 0.25) is 5.43 Å². The van der Waals surface area contributed by atoms with Crippen LogP contribution in [0.3, 0.4) is 0 Å². The van der Waals surface area contributed by atoms with Gasteiger partial charge >= 0.3 is 0 Å². The number of aromatic nitrogens is 1. The van der Waals surface area contributed by atoms with Gasteiger partial charge in [0.05, 0.1) is 0 Å². The molecule has 0 aliphatic heterocycles. The quantitative estimate of drug-likeness (QED) is 0.565. The molecule has 1 N–H and O–H groups in total. The Kier molecular flexibility index (Phi) is 1.49. The number of rotatable bonds is 0. The van der Waals surface area contributed by atoms with Crippen LogP contribution in [-0.2, 0) is 7.05 Å². The maximum atomic E-state index is 10.7. The van der Waals surface area contributed by atoms with E-state index < -0.39 is 0 Å². The third kappa shape index (κ3) is 1.03. The molecule has 0 aromatic carbocycles. The smallest absolute Gasteiger partial charge is 0.223 e. The van der Waals surface area contributed by atoms with Gasteiger partial charge in [0, 0.05) is 25.0 Å². The van der Waals surface area contributed by atoms with Crippen molar-refractivity contribution in [3.05, 3.63) is 28.2 Å². The van der Waals surface area contributed by atoms with E-state index in [-0.39, 0.29) is 11.2 Å². The van der Waals surface area contributed by atoms with Crippen LogP contribution in [0.5, 0.6) is 5.75 Å². The van der Waals surface area contributed by atoms with Crippen LogP contribution in [-0.4, -0.2) is 9.67 Å². The average Bonchev–Trinajstić information content (AvgIpc) is 1.84. The first kappa shape index (κ1) is 6.86. The third-order valence-electron chi connectivity index (χ3n) is 1.46. The van der Waals surface area contributed by atoms with Crippen molar-refractivity contribution in [2.45, 2.75) is 6.92 Å². The van der Waals surface area contributed by atoms with Crippen LogP contribution < -0.4 is 5.43 Å². The van der Waals surface area contributed by atoms with Crippen molar-refractivity contribution >= 4 is 0 Å². The predicted octanol–water partition coefficient (Wildman–Crippen LogP) is 0.399. The molecule has 0 fully saturated rings. The Morgan fingerprint density at radius 1 is 1.60 bits per heavy atom. The van der Waals surface area contributed by atoms with Gasteiger partial charge in [0.1, 0.15) is 0 Å². The van der Waals surface area contributed by atoms with Crippen molar-refractivity contribution < 1.29 is 5.11 Å². The highest BCUT2D eigenvalue weighted by atomic mass is 16.3. The number of hydrogen-bond acceptors (Lipinski definition) is 2. The molecule has 0 aliphatic carbocycles. The van der Waals surface area contributed by atoms with Crippen molar-refractivity contribution in [2.24, 2.45) is 7.05 Å². The predicted molar refractivity (Wildman–Crippen MR) is 38.1 cm³/mol. The zero-order valence-electron chi connectivity index (χ0n) is 5.96. The second-order valence-corrected chi connectivity index (χ2v) is 2.28. The van der Waals surface area contributed by atoms with Gasteiger partial charge in [0.25, 0.3) is 0 Å². The van der Waals surface area contributed by atoms with Crippen LogP contribution in [0.1, 0.15) is 5.69 Å². The van der Waals surface area contributed by atoms with E-state index in [4.69, 9.17) is 5.11 Å². The lowest BCUT2D eigenvalue weighted by molar-refractivity contribution is 0.463. The molecule has 0 saturated carbocycles. The number of nitrogens with zero attached hydrogens (tertiary/aromatic N) is 1. The van der Waals surface area contributed by atoms with E-state index in [0.29, 0.717) is 0 Å². The van der Waals surface area contributed by atoms with E-state index in [1.807, 2.05) is 0 Å². The summed E-state index contributed by atoms with van der Waals surface area (Å²) < 4.78 is 1.69. The van der Waals surface area contributed by atoms with E-state index in [0.717, 1.165) is 5.69 Å². The lowest BCUT2D eigenvalue weighted by atomic mass is 10.3. The summed E-state index contributed by atoms with van der Waals surface area (Å²) in [5.41, 5.74) is 0.512. The fraction of sp³-hybridized carbons (Fsp3) is 0.286. The first-order valence-electron chi connectivity index (χ1n) is 2.97. The standard InChI is InChI=1S/C7H9NO2/c1-5-3-6(9)7(10)4-8(5)2/h3-4,10H,1-2H3. The highest BCUT2D eigenvalue weighted by molar-refractivity contribution is 5.18. The molecule has 0 unspecified atom stereocenters. The van der Waals surface area contributed by atoms with Crippen molar-refractivity contribution in [3.8, 4) is 5.75 Å². The summed E-state index contributed by atoms with van der Waals surface area (Å²) in [6, 6.07) is 1.40. The number of aromatic hydroxyl groups is 1. The first-order valence-corrected chi connectivity index (χ1v) is 2.97. The highest BCUT2D eigenvalue weighted by Crippen LogP contribution is 2.00. The van der Waals surface area contributed by atoms with E-state index in [9.17, 15) is 4.79 Å². The molecule has 3 heteroatoms. The maximum Gasteiger partial charge on any atom is 0.223 e. The van der Waals surface area contributed by atoms with Crippen LogP contribution in [0, 0.1) is 6.92 Å². The molecule has 0 amide bonds. The molecule has 1 aromatic heterocycles. The molecular formula is C7H9NO2. The van der Waals surface area contributed by atoms with Gasteiger partial charge in [-0.2, -0.15) is 0 Å². The Labute approximate surface area is 58.5 Å². The lowest BCUT2D eigenvalue weighted by Gasteiger charge is -2.01. The summed E-state index contributed by atoms with van der Waals surface area (Å²) in [5.74, 6) is -0.201. The van der Waals surface area contributed by atoms with Gasteiger partial charge in [-0.3, -0.25) is 4.79 Å². The number of aryl methyl sites for hydroxylation is 2. The largest absolute Gasteiger partial charge is 0.503 e. The van der Waals surface area contributed by atoms with E-state index in [1.54, 1.807) is 18.5 Å². The van der Waals surface area contributed by atoms with Gasteiger partial charge in [0.15, 0.2) is 5.75 Å². The minimum Gasteiger partial charge on any atom is -0.503 e. The SMILES string of the molecule is Cc1cc(=O)c(O)cn1C. The fourth-order valence-corrected chi connectivity index (χ4v) is 0.714. The molecule has 1 heterocycles. The molecule has 0 bridgehead atoms. The number of pyridine rings is 1. The normalized spacial score (nSPS) is 9.80. The van der Waals surface area contributed by atoms with Crippen LogP contribution in [0.15, 0.2) is 17.1 Å². The van der Waals surface area contributed by atoms with Gasteiger partial charge in [-0.15, -0.1) is 0 Å². The topological polar surface area (TPSA) is 42.2 Å². The van der Waals surface area contributed by atoms with Crippen LogP contribution in [0.25, 0.3) is 0 Å². The monoisotopic (exact) mass is 139 g/mol. The lowest BCUT2D eigenvalue weighted by Crippen LogP contribution is -2.05. The van der Waals surface area contributed by atoms with Gasteiger partial charge < -0.3 is 9.67 Å². The molecule has 3 nitrogen and oxygen atoms in total. The molecule has 0 spiro atoms. The molecule has 1 rings (SSSR count). The average molecular weight is 139 g/mol. The second kappa shape index (κ2) is 2.17. The summed E-state index contributed by atoms with van der Waals surface area (Å²) in [7, 11) is 1.77. The minimum absolute atomic E-state index is 0.201. The van der Waals surface area contributed by atoms with Crippen molar-refractivity contribution in [1.82, 2.24) is 4.57 Å². The molecule has 0 radical (unpaired) electrons. The summed E-state index contributed by atoms with van der Waals surface area (Å²) >= 11 is 0. The highest BCUT2D eigenvalue weighted by Gasteiger charge is 1.96. The molecular weight excluding hydrogens is 130 g/mol. The molecule has 54 valence electrons. The summed E-state index contributed by atoms with van der Waals surface area (Å²) in [4.78, 5) is 10.7. The number of hydrogen-bond donors (Lipinski definition) is 1.